The van der Waals surface area contributed by atoms with Crippen molar-refractivity contribution in [1.29, 1.82) is 0 Å². The van der Waals surface area contributed by atoms with Crippen LogP contribution in [0, 0.1) is 0 Å². The van der Waals surface area contributed by atoms with E-state index in [4.69, 9.17) is 0 Å². The van der Waals surface area contributed by atoms with Crippen molar-refractivity contribution >= 4 is 17.7 Å². The van der Waals surface area contributed by atoms with Gasteiger partial charge >= 0.3 is 0 Å². The summed E-state index contributed by atoms with van der Waals surface area (Å²) in [7, 11) is 0. The molecular formula is C9H9NOS. The maximum absolute atomic E-state index is 11.1. The molecule has 1 aromatic carbocycles. The number of rotatable bonds is 1. The van der Waals surface area contributed by atoms with Gasteiger partial charge < -0.3 is 5.32 Å². The first-order chi connectivity index (χ1) is 5.81. The van der Waals surface area contributed by atoms with Gasteiger partial charge in [-0.1, -0.05) is 0 Å². The van der Waals surface area contributed by atoms with Gasteiger partial charge in [-0.25, -0.2) is 0 Å². The Hall–Kier alpha value is -0.960. The quantitative estimate of drug-likeness (QED) is 0.664. The largest absolute Gasteiger partial charge is 0.348 e. The third kappa shape index (κ3) is 1.10. The van der Waals surface area contributed by atoms with E-state index in [0.717, 1.165) is 11.1 Å². The average molecular weight is 179 g/mol. The number of carbonyl (C=O) groups excluding carboxylic acids is 1. The zero-order valence-electron chi connectivity index (χ0n) is 6.76. The van der Waals surface area contributed by atoms with Crippen molar-refractivity contribution in [1.82, 2.24) is 5.32 Å². The Morgan fingerprint density at radius 1 is 1.50 bits per heavy atom. The summed E-state index contributed by atoms with van der Waals surface area (Å²) < 4.78 is 0. The number of benzene rings is 1. The van der Waals surface area contributed by atoms with Crippen LogP contribution in [0.1, 0.15) is 15.9 Å². The fourth-order valence-corrected chi connectivity index (χ4v) is 1.80. The van der Waals surface area contributed by atoms with Crippen LogP contribution in [0.4, 0.5) is 0 Å². The van der Waals surface area contributed by atoms with Gasteiger partial charge in [0.05, 0.1) is 0 Å². The van der Waals surface area contributed by atoms with Crippen LogP contribution in [0.15, 0.2) is 23.1 Å². The highest BCUT2D eigenvalue weighted by molar-refractivity contribution is 7.98. The van der Waals surface area contributed by atoms with E-state index < -0.39 is 0 Å². The van der Waals surface area contributed by atoms with Crippen molar-refractivity contribution in [2.24, 2.45) is 0 Å². The molecule has 1 amide bonds. The van der Waals surface area contributed by atoms with Crippen LogP contribution in [0.5, 0.6) is 0 Å². The first-order valence-electron chi connectivity index (χ1n) is 3.76. The molecule has 62 valence electrons. The second-order valence-electron chi connectivity index (χ2n) is 2.71. The molecule has 1 aromatic rings. The van der Waals surface area contributed by atoms with Crippen LogP contribution in [0.2, 0.25) is 0 Å². The standard InChI is InChI=1S/C9H9NOS/c1-12-7-2-3-8-6(4-7)5-10-9(8)11/h2-4H,5H2,1H3,(H,10,11). The molecular weight excluding hydrogens is 170 g/mol. The van der Waals surface area contributed by atoms with E-state index in [1.54, 1.807) is 11.8 Å². The summed E-state index contributed by atoms with van der Waals surface area (Å²) >= 11 is 1.70. The molecule has 3 heteroatoms. The minimum Gasteiger partial charge on any atom is -0.348 e. The van der Waals surface area contributed by atoms with Crippen molar-refractivity contribution in [3.05, 3.63) is 29.3 Å². The van der Waals surface area contributed by atoms with Crippen LogP contribution >= 0.6 is 11.8 Å². The zero-order valence-corrected chi connectivity index (χ0v) is 7.57. The highest BCUT2D eigenvalue weighted by Gasteiger charge is 2.17. The summed E-state index contributed by atoms with van der Waals surface area (Å²) in [6.45, 7) is 0.683. The number of amides is 1. The Bertz CT molecular complexity index is 335. The molecule has 0 aliphatic carbocycles. The average Bonchev–Trinajstić information content (AvgIpc) is 2.47. The van der Waals surface area contributed by atoms with Gasteiger partial charge in [-0.05, 0) is 30.0 Å². The monoisotopic (exact) mass is 179 g/mol. The third-order valence-electron chi connectivity index (χ3n) is 2.00. The van der Waals surface area contributed by atoms with Crippen LogP contribution in [0.25, 0.3) is 0 Å². The minimum absolute atomic E-state index is 0.0534. The van der Waals surface area contributed by atoms with Crippen molar-refractivity contribution in [2.45, 2.75) is 11.4 Å². The normalized spacial score (nSPS) is 14.2. The Balaban J connectivity index is 2.48. The molecule has 1 N–H and O–H groups in total. The summed E-state index contributed by atoms with van der Waals surface area (Å²) in [6, 6.07) is 5.94. The number of hydrogen-bond donors (Lipinski definition) is 1. The lowest BCUT2D eigenvalue weighted by atomic mass is 10.1. The van der Waals surface area contributed by atoms with E-state index in [1.807, 2.05) is 18.4 Å². The lowest BCUT2D eigenvalue weighted by Gasteiger charge is -1.98. The number of carbonyl (C=O) groups is 1. The Morgan fingerprint density at radius 2 is 2.33 bits per heavy atom. The fraction of sp³-hybridized carbons (Fsp3) is 0.222. The fourth-order valence-electron chi connectivity index (χ4n) is 1.34. The van der Waals surface area contributed by atoms with E-state index in [2.05, 4.69) is 11.4 Å². The number of thioether (sulfide) groups is 1. The van der Waals surface area contributed by atoms with Crippen LogP contribution in [-0.4, -0.2) is 12.2 Å². The molecule has 0 saturated carbocycles. The van der Waals surface area contributed by atoms with Gasteiger partial charge in [-0.3, -0.25) is 4.79 Å². The molecule has 2 nitrogen and oxygen atoms in total. The van der Waals surface area contributed by atoms with Gasteiger partial charge in [0.2, 0.25) is 0 Å². The molecule has 12 heavy (non-hydrogen) atoms. The first kappa shape index (κ1) is 7.68. The summed E-state index contributed by atoms with van der Waals surface area (Å²) in [5.41, 5.74) is 1.94. The molecule has 0 aromatic heterocycles. The van der Waals surface area contributed by atoms with Crippen LogP contribution in [-0.2, 0) is 6.54 Å². The van der Waals surface area contributed by atoms with Crippen LogP contribution in [0.3, 0.4) is 0 Å². The van der Waals surface area contributed by atoms with E-state index in [1.165, 1.54) is 4.90 Å². The molecule has 0 unspecified atom stereocenters. The first-order valence-corrected chi connectivity index (χ1v) is 4.99. The van der Waals surface area contributed by atoms with Gasteiger partial charge in [0, 0.05) is 17.0 Å². The molecule has 1 aliphatic heterocycles. The van der Waals surface area contributed by atoms with Gasteiger partial charge in [0.25, 0.3) is 5.91 Å². The van der Waals surface area contributed by atoms with Gasteiger partial charge in [0.1, 0.15) is 0 Å². The van der Waals surface area contributed by atoms with E-state index in [9.17, 15) is 4.79 Å². The lowest BCUT2D eigenvalue weighted by Crippen LogP contribution is -2.12. The van der Waals surface area contributed by atoms with Gasteiger partial charge in [-0.15, -0.1) is 11.8 Å². The summed E-state index contributed by atoms with van der Waals surface area (Å²) in [5.74, 6) is 0.0534. The highest BCUT2D eigenvalue weighted by atomic mass is 32.2. The van der Waals surface area contributed by atoms with Gasteiger partial charge in [-0.2, -0.15) is 0 Å². The molecule has 1 aliphatic rings. The lowest BCUT2D eigenvalue weighted by molar-refractivity contribution is 0.0966. The Morgan fingerprint density at radius 3 is 3.08 bits per heavy atom. The smallest absolute Gasteiger partial charge is 0.251 e. The summed E-state index contributed by atoms with van der Waals surface area (Å²) in [4.78, 5) is 12.4. The topological polar surface area (TPSA) is 29.1 Å². The van der Waals surface area contributed by atoms with Crippen LogP contribution < -0.4 is 5.32 Å². The molecule has 0 saturated heterocycles. The number of hydrogen-bond acceptors (Lipinski definition) is 2. The molecule has 0 radical (unpaired) electrons. The Kier molecular flexibility index (Phi) is 1.81. The number of nitrogens with one attached hydrogen (secondary N) is 1. The zero-order chi connectivity index (χ0) is 8.55. The minimum atomic E-state index is 0.0534. The van der Waals surface area contributed by atoms with Gasteiger partial charge in [0.15, 0.2) is 0 Å². The predicted octanol–water partition coefficient (Wildman–Crippen LogP) is 1.65. The predicted molar refractivity (Wildman–Crippen MR) is 49.4 cm³/mol. The van der Waals surface area contributed by atoms with E-state index in [0.29, 0.717) is 6.54 Å². The third-order valence-corrected chi connectivity index (χ3v) is 2.72. The Labute approximate surface area is 75.4 Å². The second kappa shape index (κ2) is 2.83. The van der Waals surface area contributed by atoms with Crippen molar-refractivity contribution in [3.8, 4) is 0 Å². The highest BCUT2D eigenvalue weighted by Crippen LogP contribution is 2.22. The number of fused-ring (bicyclic) bond motifs is 1. The molecule has 2 rings (SSSR count). The molecule has 0 atom stereocenters. The second-order valence-corrected chi connectivity index (χ2v) is 3.59. The van der Waals surface area contributed by atoms with Crippen molar-refractivity contribution < 1.29 is 4.79 Å². The maximum atomic E-state index is 11.1. The molecule has 0 fully saturated rings. The SMILES string of the molecule is CSc1ccc2c(c1)CNC2=O. The maximum Gasteiger partial charge on any atom is 0.251 e. The van der Waals surface area contributed by atoms with E-state index >= 15 is 0 Å². The molecule has 1 heterocycles. The summed E-state index contributed by atoms with van der Waals surface area (Å²) in [5, 5.41) is 2.79. The van der Waals surface area contributed by atoms with Crippen molar-refractivity contribution in [3.63, 3.8) is 0 Å². The summed E-state index contributed by atoms with van der Waals surface area (Å²) in [6.07, 6.45) is 2.03. The molecule has 0 spiro atoms. The van der Waals surface area contributed by atoms with E-state index in [-0.39, 0.29) is 5.91 Å². The van der Waals surface area contributed by atoms with Crippen molar-refractivity contribution in [2.75, 3.05) is 6.26 Å². The molecule has 0 bridgehead atoms.